The molecule has 0 spiro atoms. The number of hydrogen-bond acceptors (Lipinski definition) is 4. The fraction of sp³-hybridized carbons (Fsp3) is 0.750. The van der Waals surface area contributed by atoms with Crippen molar-refractivity contribution in [3.8, 4) is 0 Å². The van der Waals surface area contributed by atoms with Gasteiger partial charge in [-0.25, -0.2) is 15.0 Å². The maximum absolute atomic E-state index is 4.25. The number of piperidine rings is 1. The van der Waals surface area contributed by atoms with Crippen LogP contribution in [0.3, 0.4) is 0 Å². The first kappa shape index (κ1) is 11.5. The van der Waals surface area contributed by atoms with Crippen molar-refractivity contribution in [3.05, 3.63) is 18.5 Å². The van der Waals surface area contributed by atoms with Gasteiger partial charge in [0.1, 0.15) is 18.5 Å². The Morgan fingerprint density at radius 3 is 2.19 bits per heavy atom. The molecule has 1 aromatic heterocycles. The quantitative estimate of drug-likeness (QED) is 0.724. The summed E-state index contributed by atoms with van der Waals surface area (Å²) < 4.78 is 0. The van der Waals surface area contributed by atoms with Crippen LogP contribution in [0.2, 0.25) is 0 Å². The summed E-state index contributed by atoms with van der Waals surface area (Å²) in [5.41, 5.74) is 0.282. The van der Waals surface area contributed by atoms with Gasteiger partial charge >= 0.3 is 0 Å². The van der Waals surface area contributed by atoms with Crippen molar-refractivity contribution in [1.82, 2.24) is 19.9 Å². The van der Waals surface area contributed by atoms with Gasteiger partial charge in [0.2, 0.25) is 0 Å². The van der Waals surface area contributed by atoms with Gasteiger partial charge in [-0.2, -0.15) is 0 Å². The van der Waals surface area contributed by atoms with E-state index in [2.05, 4.69) is 40.6 Å². The number of hydrogen-bond donors (Lipinski definition) is 0. The highest BCUT2D eigenvalue weighted by molar-refractivity contribution is 4.97. The Hall–Kier alpha value is -1.03. The molecule has 2 rings (SSSR count). The van der Waals surface area contributed by atoms with E-state index in [1.165, 1.54) is 0 Å². The van der Waals surface area contributed by atoms with Gasteiger partial charge in [0, 0.05) is 11.5 Å². The Labute approximate surface area is 97.1 Å². The summed E-state index contributed by atoms with van der Waals surface area (Å²) >= 11 is 0. The Bertz CT molecular complexity index is 323. The van der Waals surface area contributed by atoms with Crippen LogP contribution >= 0.6 is 0 Å². The predicted molar refractivity (Wildman–Crippen MR) is 63.1 cm³/mol. The molecule has 0 bridgehead atoms. The minimum atomic E-state index is 0.282. The zero-order chi connectivity index (χ0) is 11.6. The number of likely N-dealkylation sites (tertiary alicyclic amines) is 1. The lowest BCUT2D eigenvalue weighted by Crippen LogP contribution is -2.45. The molecule has 0 aliphatic carbocycles. The van der Waals surface area contributed by atoms with E-state index in [4.69, 9.17) is 0 Å². The number of nitrogens with zero attached hydrogens (tertiary/aromatic N) is 4. The molecule has 1 aromatic rings. The second-order valence-corrected chi connectivity index (χ2v) is 5.43. The molecule has 0 saturated carbocycles. The van der Waals surface area contributed by atoms with E-state index < -0.39 is 0 Å². The Morgan fingerprint density at radius 1 is 1.12 bits per heavy atom. The smallest absolute Gasteiger partial charge is 0.135 e. The maximum atomic E-state index is 4.25. The summed E-state index contributed by atoms with van der Waals surface area (Å²) in [4.78, 5) is 14.9. The lowest BCUT2D eigenvalue weighted by molar-refractivity contribution is 0.101. The Balaban J connectivity index is 1.96. The third-order valence-corrected chi connectivity index (χ3v) is 3.32. The number of aromatic nitrogens is 3. The van der Waals surface area contributed by atoms with Crippen molar-refractivity contribution in [2.24, 2.45) is 0 Å². The fourth-order valence-corrected chi connectivity index (χ4v) is 2.27. The van der Waals surface area contributed by atoms with Crippen molar-refractivity contribution in [2.75, 3.05) is 13.1 Å². The normalized spacial score (nSPS) is 19.9. The van der Waals surface area contributed by atoms with Gasteiger partial charge in [-0.3, -0.25) is 4.90 Å². The van der Waals surface area contributed by atoms with E-state index in [9.17, 15) is 0 Å². The average Bonchev–Trinajstić information content (AvgIpc) is 2.29. The van der Waals surface area contributed by atoms with E-state index >= 15 is 0 Å². The minimum Gasteiger partial charge on any atom is -0.298 e. The van der Waals surface area contributed by atoms with Crippen LogP contribution in [0.15, 0.2) is 12.7 Å². The fourth-order valence-electron chi connectivity index (χ4n) is 2.27. The van der Waals surface area contributed by atoms with Gasteiger partial charge < -0.3 is 0 Å². The molecule has 1 saturated heterocycles. The average molecular weight is 220 g/mol. The predicted octanol–water partition coefficient (Wildman–Crippen LogP) is 1.85. The molecule has 16 heavy (non-hydrogen) atoms. The molecule has 0 radical (unpaired) electrons. The molecule has 0 N–H and O–H groups in total. The standard InChI is InChI=1S/C12H20N4/c1-12(2,3)16-6-4-10(5-7-16)11-14-8-13-9-15-11/h8-10H,4-7H2,1-3H3. The minimum absolute atomic E-state index is 0.282. The van der Waals surface area contributed by atoms with Crippen molar-refractivity contribution in [1.29, 1.82) is 0 Å². The van der Waals surface area contributed by atoms with Crippen molar-refractivity contribution in [3.63, 3.8) is 0 Å². The van der Waals surface area contributed by atoms with Crippen molar-refractivity contribution < 1.29 is 0 Å². The Kier molecular flexibility index (Phi) is 3.19. The lowest BCUT2D eigenvalue weighted by Gasteiger charge is -2.40. The SMILES string of the molecule is CC(C)(C)N1CCC(c2ncncn2)CC1. The van der Waals surface area contributed by atoms with Gasteiger partial charge in [-0.15, -0.1) is 0 Å². The summed E-state index contributed by atoms with van der Waals surface area (Å²) in [5, 5.41) is 0. The Morgan fingerprint density at radius 2 is 1.69 bits per heavy atom. The van der Waals surface area contributed by atoms with Crippen LogP contribution in [0.4, 0.5) is 0 Å². The molecule has 88 valence electrons. The molecule has 1 aliphatic rings. The summed E-state index contributed by atoms with van der Waals surface area (Å²) in [7, 11) is 0. The van der Waals surface area contributed by atoms with Gasteiger partial charge in [-0.1, -0.05) is 0 Å². The van der Waals surface area contributed by atoms with E-state index in [1.54, 1.807) is 12.7 Å². The highest BCUT2D eigenvalue weighted by Gasteiger charge is 2.28. The summed E-state index contributed by atoms with van der Waals surface area (Å²) in [6.45, 7) is 9.10. The second kappa shape index (κ2) is 4.45. The van der Waals surface area contributed by atoms with Crippen LogP contribution in [-0.4, -0.2) is 38.5 Å². The van der Waals surface area contributed by atoms with Crippen LogP contribution in [0.1, 0.15) is 45.4 Å². The molecule has 1 fully saturated rings. The highest BCUT2D eigenvalue weighted by Crippen LogP contribution is 2.28. The molecule has 1 aliphatic heterocycles. The van der Waals surface area contributed by atoms with Crippen LogP contribution in [-0.2, 0) is 0 Å². The van der Waals surface area contributed by atoms with Crippen LogP contribution in [0.25, 0.3) is 0 Å². The van der Waals surface area contributed by atoms with Gasteiger partial charge in [-0.05, 0) is 46.7 Å². The molecular formula is C12H20N4. The van der Waals surface area contributed by atoms with E-state index in [0.717, 1.165) is 31.8 Å². The molecule has 2 heterocycles. The molecule has 4 nitrogen and oxygen atoms in total. The van der Waals surface area contributed by atoms with Gasteiger partial charge in [0.25, 0.3) is 0 Å². The zero-order valence-electron chi connectivity index (χ0n) is 10.3. The maximum Gasteiger partial charge on any atom is 0.135 e. The monoisotopic (exact) mass is 220 g/mol. The van der Waals surface area contributed by atoms with E-state index in [-0.39, 0.29) is 5.54 Å². The molecule has 4 heteroatoms. The molecular weight excluding hydrogens is 200 g/mol. The summed E-state index contributed by atoms with van der Waals surface area (Å²) in [6, 6.07) is 0. The number of rotatable bonds is 1. The van der Waals surface area contributed by atoms with Crippen LogP contribution < -0.4 is 0 Å². The molecule has 0 atom stereocenters. The highest BCUT2D eigenvalue weighted by atomic mass is 15.2. The third kappa shape index (κ3) is 2.55. The largest absolute Gasteiger partial charge is 0.298 e. The first-order valence-electron chi connectivity index (χ1n) is 5.94. The van der Waals surface area contributed by atoms with Gasteiger partial charge in [0.15, 0.2) is 0 Å². The van der Waals surface area contributed by atoms with Crippen molar-refractivity contribution in [2.45, 2.75) is 45.1 Å². The van der Waals surface area contributed by atoms with Crippen LogP contribution in [0.5, 0.6) is 0 Å². The summed E-state index contributed by atoms with van der Waals surface area (Å²) in [6.07, 6.45) is 5.50. The lowest BCUT2D eigenvalue weighted by atomic mass is 9.92. The molecule has 0 aromatic carbocycles. The van der Waals surface area contributed by atoms with E-state index in [1.807, 2.05) is 0 Å². The zero-order valence-corrected chi connectivity index (χ0v) is 10.3. The van der Waals surface area contributed by atoms with Crippen LogP contribution in [0, 0.1) is 0 Å². The van der Waals surface area contributed by atoms with Crippen molar-refractivity contribution >= 4 is 0 Å². The van der Waals surface area contributed by atoms with Gasteiger partial charge in [0.05, 0.1) is 0 Å². The first-order valence-corrected chi connectivity index (χ1v) is 5.94. The first-order chi connectivity index (χ1) is 7.57. The molecule has 0 amide bonds. The van der Waals surface area contributed by atoms with E-state index in [0.29, 0.717) is 5.92 Å². The second-order valence-electron chi connectivity index (χ2n) is 5.43. The molecule has 0 unspecified atom stereocenters. The topological polar surface area (TPSA) is 41.9 Å². The summed E-state index contributed by atoms with van der Waals surface area (Å²) in [5.74, 6) is 1.48. The third-order valence-electron chi connectivity index (χ3n) is 3.32.